The van der Waals surface area contributed by atoms with Gasteiger partial charge in [-0.1, -0.05) is 0 Å². The molecule has 3 rings (SSSR count). The molecule has 0 bridgehead atoms. The highest BCUT2D eigenvalue weighted by atomic mass is 79.9. The van der Waals surface area contributed by atoms with Crippen LogP contribution in [0.25, 0.3) is 0 Å². The highest BCUT2D eigenvalue weighted by Gasteiger charge is 2.44. The van der Waals surface area contributed by atoms with Crippen LogP contribution in [0.4, 0.5) is 13.2 Å². The Morgan fingerprint density at radius 2 is 1.89 bits per heavy atom. The van der Waals surface area contributed by atoms with E-state index in [0.29, 0.717) is 12.8 Å². The van der Waals surface area contributed by atoms with Gasteiger partial charge in [-0.25, -0.2) is 21.6 Å². The van der Waals surface area contributed by atoms with Crippen LogP contribution in [0, 0.1) is 5.82 Å². The van der Waals surface area contributed by atoms with Gasteiger partial charge in [-0.05, 0) is 59.8 Å². The van der Waals surface area contributed by atoms with Gasteiger partial charge in [0.25, 0.3) is 0 Å². The average molecular weight is 483 g/mol. The molecule has 0 aromatic heterocycles. The van der Waals surface area contributed by atoms with E-state index < -0.39 is 27.8 Å². The van der Waals surface area contributed by atoms with Crippen LogP contribution in [-0.4, -0.2) is 55.1 Å². The van der Waals surface area contributed by atoms with Crippen LogP contribution in [-0.2, 0) is 14.8 Å². The summed E-state index contributed by atoms with van der Waals surface area (Å²) in [6.07, 6.45) is 0.723. The minimum Gasteiger partial charge on any atom is -0.341 e. The minimum atomic E-state index is -4.01. The second kappa shape index (κ2) is 7.95. The Balaban J connectivity index is 1.79. The molecular weight excluding hydrogens is 461 g/mol. The molecule has 1 aromatic rings. The number of hydrogen-bond donors (Lipinski definition) is 0. The molecule has 0 radical (unpaired) electrons. The number of hydrogen-bond acceptors (Lipinski definition) is 3. The Kier molecular flexibility index (Phi) is 6.12. The number of amides is 1. The van der Waals surface area contributed by atoms with E-state index in [-0.39, 0.29) is 53.5 Å². The smallest absolute Gasteiger partial charge is 0.248 e. The lowest BCUT2D eigenvalue weighted by molar-refractivity contribution is -0.138. The van der Waals surface area contributed by atoms with E-state index in [9.17, 15) is 26.4 Å². The van der Waals surface area contributed by atoms with E-state index in [2.05, 4.69) is 15.9 Å². The number of sulfonamides is 1. The van der Waals surface area contributed by atoms with Crippen molar-refractivity contribution in [1.82, 2.24) is 9.21 Å². The summed E-state index contributed by atoms with van der Waals surface area (Å²) in [6.45, 7) is 0.180. The van der Waals surface area contributed by atoms with Crippen molar-refractivity contribution in [2.24, 2.45) is 0 Å². The molecule has 1 aliphatic heterocycles. The Morgan fingerprint density at radius 3 is 2.50 bits per heavy atom. The Labute approximate surface area is 171 Å². The molecule has 0 N–H and O–H groups in total. The maximum atomic E-state index is 13.4. The SMILES string of the molecule is CN(C(=O)[C@@H]1CCCN1S(=O)(=O)c1ccc(F)cc1Br)C1CCC(F)(F)CC1. The number of rotatable bonds is 4. The maximum Gasteiger partial charge on any atom is 0.248 e. The molecule has 2 aliphatic rings. The van der Waals surface area contributed by atoms with Gasteiger partial charge >= 0.3 is 0 Å². The fraction of sp³-hybridized carbons (Fsp3) is 0.611. The van der Waals surface area contributed by atoms with E-state index in [1.807, 2.05) is 0 Å². The second-order valence-corrected chi connectivity index (χ2v) is 10.1. The number of halogens is 4. The van der Waals surface area contributed by atoms with Crippen LogP contribution >= 0.6 is 15.9 Å². The van der Waals surface area contributed by atoms with Gasteiger partial charge in [0.05, 0.1) is 4.90 Å². The van der Waals surface area contributed by atoms with Crippen molar-refractivity contribution in [1.29, 1.82) is 0 Å². The largest absolute Gasteiger partial charge is 0.341 e. The first-order valence-corrected chi connectivity index (χ1v) is 11.4. The zero-order valence-corrected chi connectivity index (χ0v) is 17.8. The summed E-state index contributed by atoms with van der Waals surface area (Å²) < 4.78 is 67.5. The van der Waals surface area contributed by atoms with Crippen LogP contribution < -0.4 is 0 Å². The molecule has 1 aliphatic carbocycles. The van der Waals surface area contributed by atoms with Crippen molar-refractivity contribution in [2.45, 2.75) is 61.4 Å². The normalized spacial score (nSPS) is 23.7. The highest BCUT2D eigenvalue weighted by Crippen LogP contribution is 2.36. The van der Waals surface area contributed by atoms with Crippen molar-refractivity contribution in [3.8, 4) is 0 Å². The van der Waals surface area contributed by atoms with Gasteiger partial charge in [-0.3, -0.25) is 4.79 Å². The van der Waals surface area contributed by atoms with E-state index in [1.54, 1.807) is 7.05 Å². The van der Waals surface area contributed by atoms with Gasteiger partial charge in [0.2, 0.25) is 21.9 Å². The molecule has 1 atom stereocenters. The van der Waals surface area contributed by atoms with Crippen LogP contribution in [0.5, 0.6) is 0 Å². The molecule has 1 aromatic carbocycles. The summed E-state index contributed by atoms with van der Waals surface area (Å²) in [5.74, 6) is -3.65. The van der Waals surface area contributed by atoms with Crippen molar-refractivity contribution in [3.05, 3.63) is 28.5 Å². The first kappa shape index (κ1) is 21.6. The van der Waals surface area contributed by atoms with Gasteiger partial charge in [0.1, 0.15) is 11.9 Å². The zero-order chi connectivity index (χ0) is 20.7. The van der Waals surface area contributed by atoms with E-state index in [0.717, 1.165) is 16.4 Å². The zero-order valence-electron chi connectivity index (χ0n) is 15.4. The molecule has 156 valence electrons. The van der Waals surface area contributed by atoms with Crippen LogP contribution in [0.3, 0.4) is 0 Å². The quantitative estimate of drug-likeness (QED) is 0.655. The Bertz CT molecular complexity index is 856. The van der Waals surface area contributed by atoms with Crippen LogP contribution in [0.2, 0.25) is 0 Å². The number of alkyl halides is 2. The lowest BCUT2D eigenvalue weighted by atomic mass is 9.91. The molecular formula is C18H22BrF3N2O3S. The van der Waals surface area contributed by atoms with E-state index >= 15 is 0 Å². The molecule has 10 heteroatoms. The third-order valence-electron chi connectivity index (χ3n) is 5.55. The first-order chi connectivity index (χ1) is 13.0. The molecule has 28 heavy (non-hydrogen) atoms. The fourth-order valence-corrected chi connectivity index (χ4v) is 6.58. The number of likely N-dealkylation sites (N-methyl/N-ethyl adjacent to an activating group) is 1. The monoisotopic (exact) mass is 482 g/mol. The van der Waals surface area contributed by atoms with Gasteiger partial charge in [0.15, 0.2) is 0 Å². The van der Waals surface area contributed by atoms with Crippen molar-refractivity contribution >= 4 is 31.9 Å². The summed E-state index contributed by atoms with van der Waals surface area (Å²) in [6, 6.07) is 2.08. The van der Waals surface area contributed by atoms with Gasteiger partial charge in [0, 0.05) is 36.9 Å². The highest BCUT2D eigenvalue weighted by molar-refractivity contribution is 9.10. The van der Waals surface area contributed by atoms with Crippen LogP contribution in [0.15, 0.2) is 27.6 Å². The van der Waals surface area contributed by atoms with Gasteiger partial charge in [-0.15, -0.1) is 0 Å². The predicted octanol–water partition coefficient (Wildman–Crippen LogP) is 3.78. The molecule has 1 saturated carbocycles. The molecule has 0 unspecified atom stereocenters. The topological polar surface area (TPSA) is 57.7 Å². The van der Waals surface area contributed by atoms with Gasteiger partial charge in [-0.2, -0.15) is 4.31 Å². The molecule has 1 saturated heterocycles. The minimum absolute atomic E-state index is 0.0912. The lowest BCUT2D eigenvalue weighted by Gasteiger charge is -2.37. The molecule has 1 heterocycles. The molecule has 0 spiro atoms. The van der Waals surface area contributed by atoms with Crippen LogP contribution in [0.1, 0.15) is 38.5 Å². The Hall–Kier alpha value is -1.13. The summed E-state index contributed by atoms with van der Waals surface area (Å²) >= 11 is 3.08. The average Bonchev–Trinajstić information content (AvgIpc) is 3.10. The molecule has 1 amide bonds. The van der Waals surface area contributed by atoms with E-state index in [4.69, 9.17) is 0 Å². The predicted molar refractivity (Wildman–Crippen MR) is 101 cm³/mol. The molecule has 2 fully saturated rings. The number of carbonyl (C=O) groups excluding carboxylic acids is 1. The third-order valence-corrected chi connectivity index (χ3v) is 8.44. The number of benzene rings is 1. The second-order valence-electron chi connectivity index (χ2n) is 7.38. The summed E-state index contributed by atoms with van der Waals surface area (Å²) in [5, 5.41) is 0. The molecule has 5 nitrogen and oxygen atoms in total. The summed E-state index contributed by atoms with van der Waals surface area (Å²) in [5.41, 5.74) is 0. The maximum absolute atomic E-state index is 13.4. The van der Waals surface area contributed by atoms with Crippen molar-refractivity contribution < 1.29 is 26.4 Å². The Morgan fingerprint density at radius 1 is 1.25 bits per heavy atom. The fourth-order valence-electron chi connectivity index (χ4n) is 3.91. The third kappa shape index (κ3) is 4.23. The summed E-state index contributed by atoms with van der Waals surface area (Å²) in [7, 11) is -2.46. The van der Waals surface area contributed by atoms with Crippen molar-refractivity contribution in [3.63, 3.8) is 0 Å². The first-order valence-electron chi connectivity index (χ1n) is 9.14. The van der Waals surface area contributed by atoms with E-state index in [1.165, 1.54) is 11.0 Å². The summed E-state index contributed by atoms with van der Waals surface area (Å²) in [4.78, 5) is 14.3. The number of carbonyl (C=O) groups is 1. The van der Waals surface area contributed by atoms with Crippen molar-refractivity contribution in [2.75, 3.05) is 13.6 Å². The number of nitrogens with zero attached hydrogens (tertiary/aromatic N) is 2. The standard InChI is InChI=1S/C18H22BrF3N2O3S/c1-23(13-6-8-18(21,22)9-7-13)17(25)15-3-2-10-24(15)28(26,27)16-5-4-12(20)11-14(16)19/h4-5,11,13,15H,2-3,6-10H2,1H3/t15-/m0/s1. The van der Waals surface area contributed by atoms with Gasteiger partial charge < -0.3 is 4.90 Å². The lowest BCUT2D eigenvalue weighted by Crippen LogP contribution is -2.50.